The summed E-state index contributed by atoms with van der Waals surface area (Å²) >= 11 is 1.30. The maximum Gasteiger partial charge on any atom is 0.335 e. The van der Waals surface area contributed by atoms with Gasteiger partial charge in [0.25, 0.3) is 5.19 Å². The molecule has 150 valence electrons. The van der Waals surface area contributed by atoms with Crippen LogP contribution in [0, 0.1) is 0 Å². The Labute approximate surface area is 176 Å². The maximum absolute atomic E-state index is 11.2. The van der Waals surface area contributed by atoms with Gasteiger partial charge in [0.1, 0.15) is 17.3 Å². The molecule has 7 nitrogen and oxygen atoms in total. The Morgan fingerprint density at radius 1 is 1.07 bits per heavy atom. The van der Waals surface area contributed by atoms with Gasteiger partial charge in [0, 0.05) is 23.5 Å². The molecule has 4 rings (SSSR count). The van der Waals surface area contributed by atoms with E-state index >= 15 is 0 Å². The van der Waals surface area contributed by atoms with Crippen LogP contribution in [0.1, 0.15) is 10.4 Å². The van der Waals surface area contributed by atoms with E-state index in [9.17, 15) is 4.79 Å². The van der Waals surface area contributed by atoms with E-state index in [0.717, 1.165) is 5.56 Å². The average Bonchev–Trinajstić information content (AvgIpc) is 3.17. The van der Waals surface area contributed by atoms with Crippen molar-refractivity contribution < 1.29 is 19.4 Å². The zero-order valence-corrected chi connectivity index (χ0v) is 16.7. The van der Waals surface area contributed by atoms with Crippen molar-refractivity contribution in [3.63, 3.8) is 0 Å². The highest BCUT2D eigenvalue weighted by Crippen LogP contribution is 2.41. The van der Waals surface area contributed by atoms with Crippen molar-refractivity contribution >= 4 is 28.8 Å². The molecule has 0 aliphatic rings. The lowest BCUT2D eigenvalue weighted by molar-refractivity contribution is 0.0697. The number of carboxylic acid groups (broad SMARTS) is 1. The van der Waals surface area contributed by atoms with Crippen LogP contribution in [0.5, 0.6) is 16.0 Å². The highest BCUT2D eigenvalue weighted by Gasteiger charge is 2.16. The van der Waals surface area contributed by atoms with Gasteiger partial charge in [0.05, 0.1) is 12.7 Å². The molecule has 0 saturated carbocycles. The minimum absolute atomic E-state index is 0.191. The number of thiazole rings is 1. The summed E-state index contributed by atoms with van der Waals surface area (Å²) in [6.07, 6.45) is 1.61. The summed E-state index contributed by atoms with van der Waals surface area (Å²) in [7, 11) is 1.57. The first kappa shape index (κ1) is 19.4. The number of rotatable bonds is 7. The number of aromatic nitrogens is 2. The van der Waals surface area contributed by atoms with Crippen LogP contribution >= 0.6 is 11.3 Å². The number of carboxylic acids is 1. The van der Waals surface area contributed by atoms with Crippen molar-refractivity contribution in [1.29, 1.82) is 0 Å². The van der Waals surface area contributed by atoms with Gasteiger partial charge in [-0.05, 0) is 35.6 Å². The number of benzene rings is 2. The van der Waals surface area contributed by atoms with Crippen molar-refractivity contribution in [1.82, 2.24) is 9.97 Å². The predicted octanol–water partition coefficient (Wildman–Crippen LogP) is 5.45. The molecule has 30 heavy (non-hydrogen) atoms. The zero-order valence-electron chi connectivity index (χ0n) is 15.9. The highest BCUT2D eigenvalue weighted by molar-refractivity contribution is 7.15. The molecule has 2 heterocycles. The molecule has 4 aromatic rings. The molecule has 2 aromatic carbocycles. The van der Waals surface area contributed by atoms with Crippen LogP contribution in [0.2, 0.25) is 0 Å². The topological polar surface area (TPSA) is 93.6 Å². The number of pyridine rings is 1. The van der Waals surface area contributed by atoms with E-state index in [2.05, 4.69) is 15.3 Å². The van der Waals surface area contributed by atoms with Crippen molar-refractivity contribution in [3.8, 4) is 27.3 Å². The highest BCUT2D eigenvalue weighted by atomic mass is 32.1. The van der Waals surface area contributed by atoms with Gasteiger partial charge in [-0.2, -0.15) is 4.98 Å². The average molecular weight is 419 g/mol. The largest absolute Gasteiger partial charge is 0.478 e. The fourth-order valence-electron chi connectivity index (χ4n) is 2.75. The van der Waals surface area contributed by atoms with Gasteiger partial charge in [-0.3, -0.25) is 0 Å². The Bertz CT molecular complexity index is 1180. The van der Waals surface area contributed by atoms with E-state index in [1.54, 1.807) is 43.6 Å². The van der Waals surface area contributed by atoms with Crippen LogP contribution in [0.15, 0.2) is 72.9 Å². The summed E-state index contributed by atoms with van der Waals surface area (Å²) in [5.41, 5.74) is 2.42. The van der Waals surface area contributed by atoms with Gasteiger partial charge >= 0.3 is 5.97 Å². The van der Waals surface area contributed by atoms with E-state index in [0.29, 0.717) is 33.2 Å². The monoisotopic (exact) mass is 419 g/mol. The smallest absolute Gasteiger partial charge is 0.335 e. The SMILES string of the molecule is COc1nc(-c2ccccc2)c(Oc2ccnc(Nc3cccc(C(=O)O)c3)c2)s1. The number of carbonyl (C=O) groups is 1. The molecular weight excluding hydrogens is 402 g/mol. The summed E-state index contributed by atoms with van der Waals surface area (Å²) in [5.74, 6) is 0.0921. The standard InChI is InChI=1S/C22H17N3O4S/c1-28-22-25-19(14-6-3-2-4-7-14)21(30-22)29-17-10-11-23-18(13-17)24-16-9-5-8-15(12-16)20(26)27/h2-13H,1H3,(H,23,24)(H,26,27). The van der Waals surface area contributed by atoms with E-state index < -0.39 is 5.97 Å². The fourth-order valence-corrected chi connectivity index (χ4v) is 3.53. The van der Waals surface area contributed by atoms with E-state index in [1.165, 1.54) is 17.4 Å². The molecule has 0 fully saturated rings. The normalized spacial score (nSPS) is 10.4. The summed E-state index contributed by atoms with van der Waals surface area (Å²) in [6, 6.07) is 19.7. The second-order valence-electron chi connectivity index (χ2n) is 6.18. The molecule has 0 unspecified atom stereocenters. The molecule has 0 atom stereocenters. The predicted molar refractivity (Wildman–Crippen MR) is 115 cm³/mol. The second-order valence-corrected chi connectivity index (χ2v) is 7.10. The Hall–Kier alpha value is -3.91. The molecule has 0 saturated heterocycles. The summed E-state index contributed by atoms with van der Waals surface area (Å²) in [5, 5.41) is 13.3. The third-order valence-electron chi connectivity index (χ3n) is 4.12. The first-order valence-corrected chi connectivity index (χ1v) is 9.78. The number of hydrogen-bond donors (Lipinski definition) is 2. The molecule has 0 spiro atoms. The Kier molecular flexibility index (Phi) is 5.58. The number of nitrogens with zero attached hydrogens (tertiary/aromatic N) is 2. The number of hydrogen-bond acceptors (Lipinski definition) is 7. The van der Waals surface area contributed by atoms with E-state index in [-0.39, 0.29) is 5.56 Å². The summed E-state index contributed by atoms with van der Waals surface area (Å²) < 4.78 is 11.4. The summed E-state index contributed by atoms with van der Waals surface area (Å²) in [4.78, 5) is 19.9. The zero-order chi connectivity index (χ0) is 20.9. The minimum atomic E-state index is -0.990. The quantitative estimate of drug-likeness (QED) is 0.411. The molecule has 0 amide bonds. The van der Waals surface area contributed by atoms with Crippen molar-refractivity contribution in [3.05, 3.63) is 78.5 Å². The fraction of sp³-hybridized carbons (Fsp3) is 0.0455. The lowest BCUT2D eigenvalue weighted by atomic mass is 10.2. The first-order chi connectivity index (χ1) is 14.6. The Morgan fingerprint density at radius 3 is 2.67 bits per heavy atom. The van der Waals surface area contributed by atoms with Crippen LogP contribution in [0.25, 0.3) is 11.3 Å². The van der Waals surface area contributed by atoms with Crippen molar-refractivity contribution in [2.75, 3.05) is 12.4 Å². The molecule has 2 N–H and O–H groups in total. The van der Waals surface area contributed by atoms with Crippen LogP contribution in [0.4, 0.5) is 11.5 Å². The van der Waals surface area contributed by atoms with Crippen LogP contribution in [-0.4, -0.2) is 28.2 Å². The molecule has 0 aliphatic carbocycles. The van der Waals surface area contributed by atoms with Gasteiger partial charge in [0.15, 0.2) is 0 Å². The molecule has 0 radical (unpaired) electrons. The number of aromatic carboxylic acids is 1. The number of methoxy groups -OCH3 is 1. The number of nitrogens with one attached hydrogen (secondary N) is 1. The Morgan fingerprint density at radius 2 is 1.90 bits per heavy atom. The first-order valence-electron chi connectivity index (χ1n) is 8.97. The maximum atomic E-state index is 11.2. The van der Waals surface area contributed by atoms with Gasteiger partial charge < -0.3 is 19.9 Å². The molecular formula is C22H17N3O4S. The van der Waals surface area contributed by atoms with Crippen molar-refractivity contribution in [2.45, 2.75) is 0 Å². The van der Waals surface area contributed by atoms with Crippen LogP contribution < -0.4 is 14.8 Å². The van der Waals surface area contributed by atoms with E-state index in [1.807, 2.05) is 30.3 Å². The molecule has 8 heteroatoms. The Balaban J connectivity index is 1.59. The number of ether oxygens (including phenoxy) is 2. The van der Waals surface area contributed by atoms with E-state index in [4.69, 9.17) is 14.6 Å². The molecule has 2 aromatic heterocycles. The van der Waals surface area contributed by atoms with Gasteiger partial charge in [-0.1, -0.05) is 36.4 Å². The van der Waals surface area contributed by atoms with Gasteiger partial charge in [-0.15, -0.1) is 0 Å². The molecule has 0 aliphatic heterocycles. The third-order valence-corrected chi connectivity index (χ3v) is 5.02. The van der Waals surface area contributed by atoms with Crippen LogP contribution in [-0.2, 0) is 0 Å². The summed E-state index contributed by atoms with van der Waals surface area (Å²) in [6.45, 7) is 0. The lowest BCUT2D eigenvalue weighted by Crippen LogP contribution is -1.99. The van der Waals surface area contributed by atoms with Crippen molar-refractivity contribution in [2.24, 2.45) is 0 Å². The minimum Gasteiger partial charge on any atom is -0.478 e. The second kappa shape index (κ2) is 8.62. The number of anilines is 2. The van der Waals surface area contributed by atoms with Gasteiger partial charge in [-0.25, -0.2) is 9.78 Å². The van der Waals surface area contributed by atoms with Crippen LogP contribution in [0.3, 0.4) is 0 Å². The van der Waals surface area contributed by atoms with Gasteiger partial charge in [0.2, 0.25) is 5.06 Å². The third kappa shape index (κ3) is 4.39. The lowest BCUT2D eigenvalue weighted by Gasteiger charge is -2.09. The molecule has 0 bridgehead atoms.